The van der Waals surface area contributed by atoms with Crippen molar-refractivity contribution in [3.05, 3.63) is 0 Å². The summed E-state index contributed by atoms with van der Waals surface area (Å²) >= 11 is 0. The molecule has 0 spiro atoms. The molecule has 16 heavy (non-hydrogen) atoms. The summed E-state index contributed by atoms with van der Waals surface area (Å²) in [4.78, 5) is 0. The van der Waals surface area contributed by atoms with Gasteiger partial charge in [-0.25, -0.2) is 0 Å². The topological polar surface area (TPSA) is 24.1 Å². The van der Waals surface area contributed by atoms with E-state index in [2.05, 4.69) is 38.3 Å². The molecule has 1 aliphatic heterocycles. The zero-order chi connectivity index (χ0) is 11.8. The predicted molar refractivity (Wildman–Crippen MR) is 69.6 cm³/mol. The van der Waals surface area contributed by atoms with Crippen LogP contribution in [0.15, 0.2) is 0 Å². The Balaban J connectivity index is 1.59. The third kappa shape index (κ3) is 2.14. The molecule has 2 fully saturated rings. The monoisotopic (exact) mass is 224 g/mol. The normalized spacial score (nSPS) is 31.9. The molecule has 2 rings (SSSR count). The van der Waals surface area contributed by atoms with Gasteiger partial charge in [-0.1, -0.05) is 27.7 Å². The van der Waals surface area contributed by atoms with Crippen molar-refractivity contribution in [2.45, 2.75) is 53.0 Å². The minimum atomic E-state index is 0.488. The SMILES string of the molecule is CC1(C)C(NCCCC2CCNC2)C1(C)C. The fraction of sp³-hybridized carbons (Fsp3) is 1.00. The van der Waals surface area contributed by atoms with Crippen molar-refractivity contribution in [1.29, 1.82) is 0 Å². The van der Waals surface area contributed by atoms with E-state index in [9.17, 15) is 0 Å². The van der Waals surface area contributed by atoms with Gasteiger partial charge in [0, 0.05) is 6.04 Å². The molecule has 1 saturated heterocycles. The highest BCUT2D eigenvalue weighted by molar-refractivity contribution is 5.17. The van der Waals surface area contributed by atoms with Crippen LogP contribution in [0.5, 0.6) is 0 Å². The van der Waals surface area contributed by atoms with Gasteiger partial charge in [-0.05, 0) is 55.6 Å². The molecular weight excluding hydrogens is 196 g/mol. The zero-order valence-corrected chi connectivity index (χ0v) is 11.4. The van der Waals surface area contributed by atoms with Crippen LogP contribution in [0.3, 0.4) is 0 Å². The van der Waals surface area contributed by atoms with Crippen LogP contribution in [0, 0.1) is 16.7 Å². The van der Waals surface area contributed by atoms with Gasteiger partial charge < -0.3 is 10.6 Å². The first kappa shape index (κ1) is 12.4. The van der Waals surface area contributed by atoms with Crippen LogP contribution >= 0.6 is 0 Å². The van der Waals surface area contributed by atoms with Gasteiger partial charge in [-0.3, -0.25) is 0 Å². The summed E-state index contributed by atoms with van der Waals surface area (Å²) < 4.78 is 0. The Hall–Kier alpha value is -0.0800. The molecule has 94 valence electrons. The van der Waals surface area contributed by atoms with Crippen LogP contribution in [-0.4, -0.2) is 25.7 Å². The molecule has 2 heteroatoms. The van der Waals surface area contributed by atoms with Crippen molar-refractivity contribution >= 4 is 0 Å². The lowest BCUT2D eigenvalue weighted by molar-refractivity contribution is 0.457. The van der Waals surface area contributed by atoms with Crippen molar-refractivity contribution in [2.75, 3.05) is 19.6 Å². The van der Waals surface area contributed by atoms with Crippen molar-refractivity contribution in [3.63, 3.8) is 0 Å². The fourth-order valence-corrected chi connectivity index (χ4v) is 3.30. The summed E-state index contributed by atoms with van der Waals surface area (Å²) in [5.74, 6) is 0.946. The van der Waals surface area contributed by atoms with Gasteiger partial charge in [0.15, 0.2) is 0 Å². The summed E-state index contributed by atoms with van der Waals surface area (Å²) in [6.45, 7) is 13.2. The van der Waals surface area contributed by atoms with E-state index in [4.69, 9.17) is 0 Å². The molecule has 1 saturated carbocycles. The van der Waals surface area contributed by atoms with E-state index in [1.54, 1.807) is 0 Å². The minimum Gasteiger partial charge on any atom is -0.316 e. The highest BCUT2D eigenvalue weighted by Gasteiger charge is 2.64. The van der Waals surface area contributed by atoms with Crippen LogP contribution in [0.25, 0.3) is 0 Å². The Labute approximate surface area is 101 Å². The van der Waals surface area contributed by atoms with Crippen LogP contribution in [-0.2, 0) is 0 Å². The number of nitrogens with one attached hydrogen (secondary N) is 2. The number of rotatable bonds is 5. The highest BCUT2D eigenvalue weighted by Crippen LogP contribution is 2.62. The van der Waals surface area contributed by atoms with Crippen molar-refractivity contribution < 1.29 is 0 Å². The first-order valence-electron chi connectivity index (χ1n) is 6.90. The van der Waals surface area contributed by atoms with Crippen molar-refractivity contribution in [2.24, 2.45) is 16.7 Å². The summed E-state index contributed by atoms with van der Waals surface area (Å²) in [6.07, 6.45) is 4.13. The van der Waals surface area contributed by atoms with Crippen LogP contribution in [0.2, 0.25) is 0 Å². The maximum absolute atomic E-state index is 3.74. The first-order valence-corrected chi connectivity index (χ1v) is 6.90. The standard InChI is InChI=1S/C14H28N2/c1-13(2)12(14(13,3)4)16-8-5-6-11-7-9-15-10-11/h11-12,15-16H,5-10H2,1-4H3. The van der Waals surface area contributed by atoms with Crippen LogP contribution < -0.4 is 10.6 Å². The lowest BCUT2D eigenvalue weighted by atomic mass is 10.0. The lowest BCUT2D eigenvalue weighted by Crippen LogP contribution is -2.24. The second-order valence-corrected chi connectivity index (χ2v) is 6.83. The minimum absolute atomic E-state index is 0.488. The van der Waals surface area contributed by atoms with Gasteiger partial charge in [0.2, 0.25) is 0 Å². The molecule has 0 aromatic rings. The molecule has 0 aromatic heterocycles. The molecule has 0 radical (unpaired) electrons. The van der Waals surface area contributed by atoms with Crippen LogP contribution in [0.4, 0.5) is 0 Å². The number of hydrogen-bond donors (Lipinski definition) is 2. The quantitative estimate of drug-likeness (QED) is 0.701. The van der Waals surface area contributed by atoms with Gasteiger partial charge in [-0.15, -0.1) is 0 Å². The average Bonchev–Trinajstić information content (AvgIpc) is 2.64. The van der Waals surface area contributed by atoms with E-state index >= 15 is 0 Å². The smallest absolute Gasteiger partial charge is 0.0181 e. The molecule has 2 aliphatic rings. The Bertz CT molecular complexity index is 225. The van der Waals surface area contributed by atoms with E-state index in [0.717, 1.165) is 12.0 Å². The second-order valence-electron chi connectivity index (χ2n) is 6.83. The van der Waals surface area contributed by atoms with Gasteiger partial charge >= 0.3 is 0 Å². The molecule has 0 bridgehead atoms. The molecule has 1 unspecified atom stereocenters. The summed E-state index contributed by atoms with van der Waals surface area (Å²) in [5, 5.41) is 7.18. The third-order valence-corrected chi connectivity index (χ3v) is 5.32. The van der Waals surface area contributed by atoms with Crippen molar-refractivity contribution in [1.82, 2.24) is 10.6 Å². The van der Waals surface area contributed by atoms with Gasteiger partial charge in [0.1, 0.15) is 0 Å². The fourth-order valence-electron chi connectivity index (χ4n) is 3.30. The van der Waals surface area contributed by atoms with E-state index < -0.39 is 0 Å². The van der Waals surface area contributed by atoms with Crippen molar-refractivity contribution in [3.8, 4) is 0 Å². The Morgan fingerprint density at radius 3 is 2.38 bits per heavy atom. The average molecular weight is 224 g/mol. The first-order chi connectivity index (χ1) is 7.46. The zero-order valence-electron chi connectivity index (χ0n) is 11.4. The third-order valence-electron chi connectivity index (χ3n) is 5.32. The second kappa shape index (κ2) is 4.30. The van der Waals surface area contributed by atoms with E-state index in [0.29, 0.717) is 10.8 Å². The summed E-state index contributed by atoms with van der Waals surface area (Å²) in [7, 11) is 0. The van der Waals surface area contributed by atoms with Gasteiger partial charge in [0.25, 0.3) is 0 Å². The molecule has 1 aliphatic carbocycles. The summed E-state index contributed by atoms with van der Waals surface area (Å²) in [6, 6.07) is 0.724. The Kier molecular flexibility index (Phi) is 3.33. The molecule has 0 aromatic carbocycles. The van der Waals surface area contributed by atoms with Crippen LogP contribution in [0.1, 0.15) is 47.0 Å². The maximum Gasteiger partial charge on any atom is 0.0181 e. The summed E-state index contributed by atoms with van der Waals surface area (Å²) in [5.41, 5.74) is 0.976. The van der Waals surface area contributed by atoms with E-state index in [1.165, 1.54) is 38.9 Å². The molecule has 1 atom stereocenters. The lowest BCUT2D eigenvalue weighted by Gasteiger charge is -2.09. The predicted octanol–water partition coefficient (Wildman–Crippen LogP) is 2.40. The number of hydrogen-bond acceptors (Lipinski definition) is 2. The van der Waals surface area contributed by atoms with E-state index in [-0.39, 0.29) is 0 Å². The maximum atomic E-state index is 3.74. The largest absolute Gasteiger partial charge is 0.316 e. The molecule has 0 amide bonds. The van der Waals surface area contributed by atoms with Gasteiger partial charge in [-0.2, -0.15) is 0 Å². The molecular formula is C14H28N2. The molecule has 2 nitrogen and oxygen atoms in total. The Morgan fingerprint density at radius 2 is 1.88 bits per heavy atom. The molecule has 1 heterocycles. The van der Waals surface area contributed by atoms with Gasteiger partial charge in [0.05, 0.1) is 0 Å². The highest BCUT2D eigenvalue weighted by atomic mass is 15.0. The molecule has 2 N–H and O–H groups in total. The van der Waals surface area contributed by atoms with E-state index in [1.807, 2.05) is 0 Å². The Morgan fingerprint density at radius 1 is 1.19 bits per heavy atom.